The van der Waals surface area contributed by atoms with Crippen molar-refractivity contribution in [1.82, 2.24) is 0 Å². The van der Waals surface area contributed by atoms with E-state index in [4.69, 9.17) is 29.8 Å². The number of aliphatic carboxylic acids is 1. The van der Waals surface area contributed by atoms with E-state index in [2.05, 4.69) is 8.83 Å². The molecule has 0 spiro atoms. The van der Waals surface area contributed by atoms with Gasteiger partial charge in [0.1, 0.15) is 0 Å². The van der Waals surface area contributed by atoms with Gasteiger partial charge in [0.05, 0.1) is 6.61 Å². The molecule has 0 bridgehead atoms. The molecule has 6 N–H and O–H groups in total. The highest BCUT2D eigenvalue weighted by Gasteiger charge is 2.28. The maximum Gasteiger partial charge on any atom is 0.489 e. The maximum absolute atomic E-state index is 9.91. The predicted molar refractivity (Wildman–Crippen MR) is 52.4 cm³/mol. The molecule has 2 atom stereocenters. The largest absolute Gasteiger partial charge is 0.566 e. The van der Waals surface area contributed by atoms with E-state index < -0.39 is 42.6 Å². The van der Waals surface area contributed by atoms with Crippen molar-refractivity contribution in [1.29, 1.82) is 0 Å². The van der Waals surface area contributed by atoms with Gasteiger partial charge >= 0.3 is 29.9 Å². The summed E-state index contributed by atoms with van der Waals surface area (Å²) in [5.41, 5.74) is 0. The maximum atomic E-state index is 9.91. The number of rotatable bonds is 6. The van der Waals surface area contributed by atoms with Crippen LogP contribution in [0.25, 0.3) is 0 Å². The van der Waals surface area contributed by atoms with Gasteiger partial charge in [0.25, 0.3) is 0 Å². The molecule has 13 nitrogen and oxygen atoms in total. The standard InChI is InChI=1S/C3H5O6P.H4O7P2/c4-1-2(3(5)6)9-10(7)8;1-8(2,3)7-9(4,5)6/h2,4H,1H2,(H,5,6);(H2,1,2,3)(H2,4,5,6). The van der Waals surface area contributed by atoms with Crippen LogP contribution in [-0.4, -0.2) is 48.5 Å². The molecule has 0 amide bonds. The molecule has 16 heteroatoms. The van der Waals surface area contributed by atoms with Crippen molar-refractivity contribution in [2.45, 2.75) is 6.10 Å². The molecule has 0 aliphatic heterocycles. The number of carbonyl (C=O) groups is 1. The van der Waals surface area contributed by atoms with E-state index in [1.165, 1.54) is 0 Å². The molecule has 19 heavy (non-hydrogen) atoms. The number of carboxylic acid groups (broad SMARTS) is 1. The summed E-state index contributed by atoms with van der Waals surface area (Å²) in [7, 11) is -13.3. The van der Waals surface area contributed by atoms with Gasteiger partial charge in [-0.05, 0) is 4.57 Å². The summed E-state index contributed by atoms with van der Waals surface area (Å²) < 4.78 is 35.7. The Morgan fingerprint density at radius 2 is 1.58 bits per heavy atom. The lowest BCUT2D eigenvalue weighted by Crippen LogP contribution is -2.26. The lowest BCUT2D eigenvalue weighted by Gasteiger charge is -2.03. The Kier molecular flexibility index (Phi) is 9.73. The van der Waals surface area contributed by atoms with Gasteiger partial charge in [0, 0.05) is 0 Å². The van der Waals surface area contributed by atoms with Crippen LogP contribution in [0.3, 0.4) is 0 Å². The number of phosphoric acid groups is 2. The summed E-state index contributed by atoms with van der Waals surface area (Å²) in [4.78, 5) is 50.6. The van der Waals surface area contributed by atoms with Crippen LogP contribution in [0.5, 0.6) is 0 Å². The molecule has 0 saturated carbocycles. The first-order valence-electron chi connectivity index (χ1n) is 3.75. The molecule has 0 aromatic rings. The molecule has 0 saturated heterocycles. The molecule has 0 rings (SSSR count). The number of aliphatic hydroxyl groups is 1. The molecule has 0 aromatic heterocycles. The topological polar surface area (TPSA) is 231 Å². The number of hydrogen-bond acceptors (Lipinski definition) is 8. The van der Waals surface area contributed by atoms with Crippen molar-refractivity contribution >= 4 is 29.9 Å². The predicted octanol–water partition coefficient (Wildman–Crippen LogP) is -2.35. The summed E-state index contributed by atoms with van der Waals surface area (Å²) in [6.07, 6.45) is -1.68. The lowest BCUT2D eigenvalue weighted by molar-refractivity contribution is -0.194. The molecule has 0 aromatic carbocycles. The monoisotopic (exact) mass is 346 g/mol. The fourth-order valence-electron chi connectivity index (χ4n) is 0.399. The Balaban J connectivity index is 0. The van der Waals surface area contributed by atoms with Crippen LogP contribution >= 0.6 is 23.9 Å². The van der Waals surface area contributed by atoms with Crippen molar-refractivity contribution in [3.8, 4) is 0 Å². The average Bonchev–Trinajstić information content (AvgIpc) is 2.08. The van der Waals surface area contributed by atoms with Crippen molar-refractivity contribution in [2.75, 3.05) is 6.61 Å². The molecular weight excluding hydrogens is 337 g/mol. The summed E-state index contributed by atoms with van der Waals surface area (Å²) >= 11 is 0. The lowest BCUT2D eigenvalue weighted by atomic mass is 10.4. The highest BCUT2D eigenvalue weighted by atomic mass is 31.3. The van der Waals surface area contributed by atoms with Gasteiger partial charge in [-0.3, -0.25) is 0 Å². The third-order valence-electron chi connectivity index (χ3n) is 0.867. The van der Waals surface area contributed by atoms with E-state index in [1.54, 1.807) is 0 Å². The Bertz CT molecular complexity index is 370. The van der Waals surface area contributed by atoms with Crippen molar-refractivity contribution in [3.63, 3.8) is 0 Å². The van der Waals surface area contributed by atoms with Crippen LogP contribution in [-0.2, 0) is 27.3 Å². The summed E-state index contributed by atoms with van der Waals surface area (Å²) in [6.45, 7) is -0.862. The first-order valence-corrected chi connectivity index (χ1v) is 7.91. The summed E-state index contributed by atoms with van der Waals surface area (Å²) in [5, 5.41) is 16.2. The highest BCUT2D eigenvalue weighted by molar-refractivity contribution is 7.60. The van der Waals surface area contributed by atoms with Gasteiger partial charge in [-0.2, -0.15) is 4.31 Å². The fourth-order valence-corrected chi connectivity index (χ4v) is 1.87. The minimum Gasteiger partial charge on any atom is -0.566 e. The fraction of sp³-hybridized carbons (Fsp3) is 0.667. The van der Waals surface area contributed by atoms with E-state index in [-0.39, 0.29) is 0 Å². The van der Waals surface area contributed by atoms with Crippen LogP contribution in [0.15, 0.2) is 0 Å². The van der Waals surface area contributed by atoms with Gasteiger partial charge in [0.2, 0.25) is 6.10 Å². The van der Waals surface area contributed by atoms with Gasteiger partial charge in [-0.25, -0.2) is 13.9 Å². The van der Waals surface area contributed by atoms with Crippen LogP contribution < -0.4 is 4.89 Å². The second kappa shape index (κ2) is 8.80. The first kappa shape index (κ1) is 21.0. The van der Waals surface area contributed by atoms with Crippen LogP contribution in [0.1, 0.15) is 0 Å². The Labute approximate surface area is 105 Å². The second-order valence-corrected chi connectivity index (χ2v) is 5.67. The van der Waals surface area contributed by atoms with Crippen LogP contribution in [0.4, 0.5) is 0 Å². The Morgan fingerprint density at radius 3 is 1.63 bits per heavy atom. The van der Waals surface area contributed by atoms with E-state index in [0.717, 1.165) is 0 Å². The third-order valence-corrected chi connectivity index (χ3v) is 3.00. The highest BCUT2D eigenvalue weighted by Crippen LogP contribution is 2.53. The molecule has 2 unspecified atom stereocenters. The minimum atomic E-state index is -5.05. The first-order chi connectivity index (χ1) is 8.28. The third kappa shape index (κ3) is 17.7. The molecule has 0 aliphatic rings. The summed E-state index contributed by atoms with van der Waals surface area (Å²) in [6, 6.07) is 0. The van der Waals surface area contributed by atoms with E-state index in [1.807, 2.05) is 0 Å². The average molecular weight is 346 g/mol. The SMILES string of the molecule is O=C(O)C(CO)O[P+](=O)[O-].O=P(O)(O)OP(=O)(O)O. The van der Waals surface area contributed by atoms with Gasteiger partial charge in [-0.15, -0.1) is 4.52 Å². The minimum absolute atomic E-state index is 0.862. The quantitative estimate of drug-likeness (QED) is 0.277. The van der Waals surface area contributed by atoms with E-state index >= 15 is 0 Å². The number of aliphatic hydroxyl groups excluding tert-OH is 1. The van der Waals surface area contributed by atoms with Crippen LogP contribution in [0, 0.1) is 0 Å². The molecular formula is C3H9O13P3. The molecule has 0 aliphatic carbocycles. The van der Waals surface area contributed by atoms with Crippen LogP contribution in [0.2, 0.25) is 0 Å². The zero-order valence-electron chi connectivity index (χ0n) is 8.67. The molecule has 0 heterocycles. The van der Waals surface area contributed by atoms with Gasteiger partial charge in [-0.1, -0.05) is 0 Å². The zero-order chi connectivity index (χ0) is 15.9. The smallest absolute Gasteiger partial charge is 0.489 e. The van der Waals surface area contributed by atoms with E-state index in [9.17, 15) is 23.4 Å². The van der Waals surface area contributed by atoms with Crippen molar-refractivity contribution in [3.05, 3.63) is 0 Å². The molecule has 0 radical (unpaired) electrons. The zero-order valence-corrected chi connectivity index (χ0v) is 11.4. The normalized spacial score (nSPS) is 14.1. The number of hydrogen-bond donors (Lipinski definition) is 6. The molecule has 0 fully saturated rings. The number of carboxylic acids is 1. The van der Waals surface area contributed by atoms with Gasteiger partial charge in [0.15, 0.2) is 0 Å². The van der Waals surface area contributed by atoms with Crippen molar-refractivity contribution in [2.24, 2.45) is 0 Å². The van der Waals surface area contributed by atoms with Crippen molar-refractivity contribution < 1.29 is 62.0 Å². The van der Waals surface area contributed by atoms with Gasteiger partial charge < -0.3 is 34.7 Å². The molecule has 114 valence electrons. The Hall–Kier alpha value is -0.290. The second-order valence-electron chi connectivity index (χ2n) is 2.40. The summed E-state index contributed by atoms with van der Waals surface area (Å²) in [5.74, 6) is -1.51. The van der Waals surface area contributed by atoms with E-state index in [0.29, 0.717) is 0 Å². The Morgan fingerprint density at radius 1 is 1.21 bits per heavy atom.